The van der Waals surface area contributed by atoms with Crippen molar-refractivity contribution < 1.29 is 14.4 Å². The van der Waals surface area contributed by atoms with Crippen molar-refractivity contribution in [2.75, 3.05) is 0 Å². The molecule has 1 aromatic rings. The summed E-state index contributed by atoms with van der Waals surface area (Å²) < 4.78 is 0. The van der Waals surface area contributed by atoms with Crippen LogP contribution in [0.25, 0.3) is 5.57 Å². The number of hydrogen-bond donors (Lipinski definition) is 1. The van der Waals surface area contributed by atoms with Gasteiger partial charge in [0.1, 0.15) is 0 Å². The van der Waals surface area contributed by atoms with E-state index in [0.717, 1.165) is 29.5 Å². The van der Waals surface area contributed by atoms with E-state index in [4.69, 9.17) is 0 Å². The number of piperidine rings is 1. The summed E-state index contributed by atoms with van der Waals surface area (Å²) >= 11 is 0. The first-order valence-electron chi connectivity index (χ1n) is 8.28. The molecule has 1 fully saturated rings. The van der Waals surface area contributed by atoms with Gasteiger partial charge in [0.15, 0.2) is 5.78 Å². The summed E-state index contributed by atoms with van der Waals surface area (Å²) in [5, 5.41) is 2.40. The number of aryl methyl sites for hydroxylation is 1. The van der Waals surface area contributed by atoms with E-state index in [1.54, 1.807) is 6.08 Å². The van der Waals surface area contributed by atoms with Crippen molar-refractivity contribution in [3.05, 3.63) is 41.0 Å². The number of fused-ring (bicyclic) bond motifs is 1. The predicted molar refractivity (Wildman–Crippen MR) is 87.7 cm³/mol. The molecule has 0 radical (unpaired) electrons. The summed E-state index contributed by atoms with van der Waals surface area (Å²) in [5.41, 5.74) is 4.02. The van der Waals surface area contributed by atoms with Crippen molar-refractivity contribution in [3.63, 3.8) is 0 Å². The number of amides is 2. The average Bonchev–Trinajstić information content (AvgIpc) is 2.54. The smallest absolute Gasteiger partial charge is 0.234 e. The molecule has 120 valence electrons. The van der Waals surface area contributed by atoms with Crippen molar-refractivity contribution in [1.82, 2.24) is 5.32 Å². The van der Waals surface area contributed by atoms with Crippen LogP contribution in [0.4, 0.5) is 0 Å². The summed E-state index contributed by atoms with van der Waals surface area (Å²) in [7, 11) is 0. The van der Waals surface area contributed by atoms with Crippen LogP contribution in [0.1, 0.15) is 55.7 Å². The largest absolute Gasteiger partial charge is 0.296 e. The van der Waals surface area contributed by atoms with Gasteiger partial charge in [-0.2, -0.15) is 0 Å². The molecule has 3 rings (SSSR count). The van der Waals surface area contributed by atoms with Gasteiger partial charge in [-0.15, -0.1) is 0 Å². The highest BCUT2D eigenvalue weighted by atomic mass is 16.2. The average molecular weight is 311 g/mol. The second-order valence-corrected chi connectivity index (χ2v) is 6.20. The monoisotopic (exact) mass is 311 g/mol. The molecule has 2 atom stereocenters. The molecule has 2 amide bonds. The van der Waals surface area contributed by atoms with Gasteiger partial charge >= 0.3 is 0 Å². The van der Waals surface area contributed by atoms with E-state index in [1.165, 1.54) is 5.56 Å². The summed E-state index contributed by atoms with van der Waals surface area (Å²) in [6.45, 7) is 4.10. The zero-order chi connectivity index (χ0) is 16.6. The third kappa shape index (κ3) is 2.62. The molecule has 2 aliphatic rings. The Bertz CT molecular complexity index is 717. The lowest BCUT2D eigenvalue weighted by molar-refractivity contribution is -0.134. The van der Waals surface area contributed by atoms with Crippen molar-refractivity contribution in [1.29, 1.82) is 0 Å². The molecular formula is C19H21NO3. The predicted octanol–water partition coefficient (Wildman–Crippen LogP) is 2.76. The minimum Gasteiger partial charge on any atom is -0.296 e. The molecule has 0 saturated carbocycles. The van der Waals surface area contributed by atoms with Crippen molar-refractivity contribution >= 4 is 23.2 Å². The minimum absolute atomic E-state index is 0.0700. The Morgan fingerprint density at radius 2 is 1.96 bits per heavy atom. The van der Waals surface area contributed by atoms with Gasteiger partial charge in [-0.25, -0.2) is 0 Å². The Labute approximate surface area is 136 Å². The molecule has 4 nitrogen and oxygen atoms in total. The number of nitrogens with one attached hydrogen (secondary N) is 1. The van der Waals surface area contributed by atoms with E-state index >= 15 is 0 Å². The first-order valence-corrected chi connectivity index (χ1v) is 8.28. The van der Waals surface area contributed by atoms with Crippen LogP contribution in [0, 0.1) is 5.92 Å². The van der Waals surface area contributed by atoms with Crippen LogP contribution in [0.3, 0.4) is 0 Å². The fraction of sp³-hybridized carbons (Fsp3) is 0.421. The van der Waals surface area contributed by atoms with Crippen LogP contribution in [0.15, 0.2) is 24.3 Å². The van der Waals surface area contributed by atoms with Gasteiger partial charge < -0.3 is 0 Å². The third-order valence-corrected chi connectivity index (χ3v) is 4.90. The van der Waals surface area contributed by atoms with E-state index in [2.05, 4.69) is 18.3 Å². The lowest BCUT2D eigenvalue weighted by Gasteiger charge is -2.31. The van der Waals surface area contributed by atoms with E-state index in [-0.39, 0.29) is 23.5 Å². The standard InChI is InChI=1S/C19H21NO3/c1-3-11-6-5-7-13-15(10-16(21)12(4-2)18(11)13)14-8-9-17(22)20-19(14)23/h5-7,10,12,14H,3-4,8-9H2,1-2H3,(H,20,22,23). The zero-order valence-corrected chi connectivity index (χ0v) is 13.5. The first kappa shape index (κ1) is 15.7. The highest BCUT2D eigenvalue weighted by Gasteiger charge is 2.36. The van der Waals surface area contributed by atoms with Crippen LogP contribution in [-0.2, 0) is 20.8 Å². The van der Waals surface area contributed by atoms with Crippen molar-refractivity contribution in [2.24, 2.45) is 5.92 Å². The van der Waals surface area contributed by atoms with E-state index < -0.39 is 5.92 Å². The molecule has 1 aliphatic carbocycles. The Balaban J connectivity index is 2.11. The Morgan fingerprint density at radius 3 is 2.61 bits per heavy atom. The van der Waals surface area contributed by atoms with Crippen LogP contribution in [0.5, 0.6) is 0 Å². The van der Waals surface area contributed by atoms with Gasteiger partial charge in [0.2, 0.25) is 11.8 Å². The molecule has 0 aromatic heterocycles. The second-order valence-electron chi connectivity index (χ2n) is 6.20. The van der Waals surface area contributed by atoms with E-state index in [1.807, 2.05) is 19.1 Å². The summed E-state index contributed by atoms with van der Waals surface area (Å²) in [6.07, 6.45) is 4.03. The molecular weight excluding hydrogens is 290 g/mol. The number of ketones is 1. The number of allylic oxidation sites excluding steroid dienone is 1. The molecule has 4 heteroatoms. The fourth-order valence-corrected chi connectivity index (χ4v) is 3.74. The Morgan fingerprint density at radius 1 is 1.17 bits per heavy atom. The zero-order valence-electron chi connectivity index (χ0n) is 13.5. The molecule has 0 bridgehead atoms. The number of imide groups is 1. The molecule has 1 heterocycles. The van der Waals surface area contributed by atoms with Gasteiger partial charge in [0.25, 0.3) is 0 Å². The molecule has 23 heavy (non-hydrogen) atoms. The van der Waals surface area contributed by atoms with E-state index in [0.29, 0.717) is 12.8 Å². The van der Waals surface area contributed by atoms with Gasteiger partial charge in [0, 0.05) is 12.3 Å². The number of carbonyl (C=O) groups excluding carboxylic acids is 3. The molecule has 2 unspecified atom stereocenters. The topological polar surface area (TPSA) is 63.2 Å². The van der Waals surface area contributed by atoms with Crippen LogP contribution >= 0.6 is 0 Å². The molecule has 0 spiro atoms. The quantitative estimate of drug-likeness (QED) is 0.873. The lowest BCUT2D eigenvalue weighted by Crippen LogP contribution is -2.41. The fourth-order valence-electron chi connectivity index (χ4n) is 3.74. The third-order valence-electron chi connectivity index (χ3n) is 4.90. The number of carbonyl (C=O) groups is 3. The van der Waals surface area contributed by atoms with E-state index in [9.17, 15) is 14.4 Å². The summed E-state index contributed by atoms with van der Waals surface area (Å²) in [5.74, 6) is -0.995. The maximum Gasteiger partial charge on any atom is 0.234 e. The Kier molecular flexibility index (Phi) is 4.16. The van der Waals surface area contributed by atoms with Crippen LogP contribution < -0.4 is 5.32 Å². The number of hydrogen-bond acceptors (Lipinski definition) is 3. The minimum atomic E-state index is -0.416. The van der Waals surface area contributed by atoms with Gasteiger partial charge in [-0.3, -0.25) is 19.7 Å². The van der Waals surface area contributed by atoms with Gasteiger partial charge in [-0.1, -0.05) is 32.0 Å². The normalized spacial score (nSPS) is 24.1. The number of rotatable bonds is 3. The van der Waals surface area contributed by atoms with Crippen molar-refractivity contribution in [3.8, 4) is 0 Å². The maximum atomic E-state index is 12.6. The molecule has 1 aromatic carbocycles. The highest BCUT2D eigenvalue weighted by molar-refractivity contribution is 6.11. The van der Waals surface area contributed by atoms with Crippen molar-refractivity contribution in [2.45, 2.75) is 45.4 Å². The lowest BCUT2D eigenvalue weighted by atomic mass is 9.73. The number of benzene rings is 1. The first-order chi connectivity index (χ1) is 11.1. The SMILES string of the molecule is CCc1cccc2c1C(CC)C(=O)C=C2C1CCC(=O)NC1=O. The maximum absolute atomic E-state index is 12.6. The molecule has 1 saturated heterocycles. The summed E-state index contributed by atoms with van der Waals surface area (Å²) in [4.78, 5) is 36.2. The highest BCUT2D eigenvalue weighted by Crippen LogP contribution is 2.41. The summed E-state index contributed by atoms with van der Waals surface area (Å²) in [6, 6.07) is 6.04. The van der Waals surface area contributed by atoms with Crippen LogP contribution in [-0.4, -0.2) is 17.6 Å². The molecule has 1 N–H and O–H groups in total. The Hall–Kier alpha value is -2.23. The van der Waals surface area contributed by atoms with Gasteiger partial charge in [0.05, 0.1) is 5.92 Å². The molecule has 1 aliphatic heterocycles. The van der Waals surface area contributed by atoms with Gasteiger partial charge in [-0.05, 0) is 47.6 Å². The second kappa shape index (κ2) is 6.11. The van der Waals surface area contributed by atoms with Crippen LogP contribution in [0.2, 0.25) is 0 Å².